The highest BCUT2D eigenvalue weighted by Crippen LogP contribution is 2.45. The van der Waals surface area contributed by atoms with Gasteiger partial charge < -0.3 is 14.6 Å². The number of aryl methyl sites for hydroxylation is 1. The molecule has 0 aliphatic carbocycles. The summed E-state index contributed by atoms with van der Waals surface area (Å²) in [5, 5.41) is 13.7. The third-order valence-corrected chi connectivity index (χ3v) is 7.51. The van der Waals surface area contributed by atoms with Crippen LogP contribution in [0.15, 0.2) is 90.1 Å². The van der Waals surface area contributed by atoms with Gasteiger partial charge in [0.1, 0.15) is 17.9 Å². The first-order valence-electron chi connectivity index (χ1n) is 12.5. The van der Waals surface area contributed by atoms with Crippen molar-refractivity contribution in [3.8, 4) is 11.5 Å². The van der Waals surface area contributed by atoms with E-state index in [9.17, 15) is 14.7 Å². The van der Waals surface area contributed by atoms with E-state index in [-0.39, 0.29) is 11.3 Å². The standard InChI is InChI=1S/C30H24N4O5S/c1-18-25(33-14-7-6-10-23(33)32-18)27(35)24-26(34(29(37)28(24)36)30-31-13-15-40-30)20-11-12-21(22(16-20)38-2)39-17-19-8-4-3-5-9-19/h3-16,26,35H,17H2,1-2H3. The Morgan fingerprint density at radius 1 is 1.05 bits per heavy atom. The van der Waals surface area contributed by atoms with Crippen molar-refractivity contribution in [3.05, 3.63) is 113 Å². The van der Waals surface area contributed by atoms with E-state index in [2.05, 4.69) is 9.97 Å². The first kappa shape index (κ1) is 25.3. The fraction of sp³-hybridized carbons (Fsp3) is 0.133. The van der Waals surface area contributed by atoms with Crippen LogP contribution in [-0.4, -0.2) is 38.3 Å². The van der Waals surface area contributed by atoms with Crippen molar-refractivity contribution >= 4 is 39.6 Å². The zero-order valence-electron chi connectivity index (χ0n) is 21.6. The van der Waals surface area contributed by atoms with Gasteiger partial charge in [-0.3, -0.25) is 18.9 Å². The van der Waals surface area contributed by atoms with Crippen molar-refractivity contribution < 1.29 is 24.2 Å². The lowest BCUT2D eigenvalue weighted by Gasteiger charge is -2.24. The van der Waals surface area contributed by atoms with Gasteiger partial charge in [0, 0.05) is 17.8 Å². The predicted molar refractivity (Wildman–Crippen MR) is 151 cm³/mol. The molecule has 1 saturated heterocycles. The number of imidazole rings is 1. The van der Waals surface area contributed by atoms with Gasteiger partial charge in [-0.1, -0.05) is 42.5 Å². The Kier molecular flexibility index (Phi) is 6.53. The summed E-state index contributed by atoms with van der Waals surface area (Å²) in [7, 11) is 1.52. The average Bonchev–Trinajstić information content (AvgIpc) is 3.68. The van der Waals surface area contributed by atoms with Crippen LogP contribution in [0, 0.1) is 6.92 Å². The molecule has 4 heterocycles. The maximum Gasteiger partial charge on any atom is 0.301 e. The normalized spacial score (nSPS) is 16.6. The number of nitrogens with zero attached hydrogens (tertiary/aromatic N) is 4. The number of hydrogen-bond donors (Lipinski definition) is 1. The van der Waals surface area contributed by atoms with Gasteiger partial charge in [-0.05, 0) is 42.3 Å². The van der Waals surface area contributed by atoms with Crippen LogP contribution in [0.25, 0.3) is 11.4 Å². The number of aliphatic hydroxyl groups excluding tert-OH is 1. The summed E-state index contributed by atoms with van der Waals surface area (Å²) in [6.07, 6.45) is 3.31. The molecule has 1 aliphatic rings. The number of pyridine rings is 1. The number of anilines is 1. The molecule has 1 unspecified atom stereocenters. The summed E-state index contributed by atoms with van der Waals surface area (Å²) >= 11 is 1.22. The van der Waals surface area contributed by atoms with E-state index >= 15 is 0 Å². The van der Waals surface area contributed by atoms with E-state index in [1.807, 2.05) is 36.4 Å². The molecule has 6 rings (SSSR count). The molecule has 0 bridgehead atoms. The summed E-state index contributed by atoms with van der Waals surface area (Å²) in [6.45, 7) is 2.08. The third-order valence-electron chi connectivity index (χ3n) is 6.74. The molecule has 200 valence electrons. The summed E-state index contributed by atoms with van der Waals surface area (Å²) in [5.74, 6) is -0.993. The maximum atomic E-state index is 13.5. The minimum absolute atomic E-state index is 0.0611. The minimum atomic E-state index is -0.961. The third kappa shape index (κ3) is 4.28. The number of methoxy groups -OCH3 is 1. The van der Waals surface area contributed by atoms with Crippen LogP contribution in [0.2, 0.25) is 0 Å². The molecule has 2 aromatic carbocycles. The van der Waals surface area contributed by atoms with Crippen LogP contribution in [-0.2, 0) is 16.2 Å². The van der Waals surface area contributed by atoms with Crippen LogP contribution < -0.4 is 14.4 Å². The Morgan fingerprint density at radius 3 is 2.60 bits per heavy atom. The number of ketones is 1. The Morgan fingerprint density at radius 2 is 1.85 bits per heavy atom. The molecular weight excluding hydrogens is 528 g/mol. The summed E-state index contributed by atoms with van der Waals surface area (Å²) < 4.78 is 13.3. The van der Waals surface area contributed by atoms with Crippen molar-refractivity contribution in [2.75, 3.05) is 12.0 Å². The Balaban J connectivity index is 1.49. The lowest BCUT2D eigenvalue weighted by atomic mass is 9.96. The molecule has 0 saturated carbocycles. The lowest BCUT2D eigenvalue weighted by Crippen LogP contribution is -2.29. The molecule has 1 atom stereocenters. The van der Waals surface area contributed by atoms with Crippen LogP contribution in [0.4, 0.5) is 5.13 Å². The van der Waals surface area contributed by atoms with Crippen molar-refractivity contribution in [1.29, 1.82) is 0 Å². The number of aromatic nitrogens is 3. The lowest BCUT2D eigenvalue weighted by molar-refractivity contribution is -0.132. The van der Waals surface area contributed by atoms with E-state index < -0.39 is 17.7 Å². The molecule has 0 spiro atoms. The number of benzene rings is 2. The van der Waals surface area contributed by atoms with Gasteiger partial charge in [0.2, 0.25) is 0 Å². The van der Waals surface area contributed by atoms with E-state index in [0.717, 1.165) is 5.56 Å². The molecule has 1 N–H and O–H groups in total. The Bertz CT molecular complexity index is 1760. The van der Waals surface area contributed by atoms with Gasteiger partial charge in [0.25, 0.3) is 5.78 Å². The van der Waals surface area contributed by atoms with Crippen molar-refractivity contribution in [2.45, 2.75) is 19.6 Å². The average molecular weight is 553 g/mol. The molecule has 0 radical (unpaired) electrons. The van der Waals surface area contributed by atoms with Gasteiger partial charge in [0.05, 0.1) is 24.4 Å². The number of aliphatic hydroxyl groups is 1. The highest BCUT2D eigenvalue weighted by molar-refractivity contribution is 7.14. The number of carbonyl (C=O) groups is 2. The fourth-order valence-electron chi connectivity index (χ4n) is 4.92. The number of thiazole rings is 1. The van der Waals surface area contributed by atoms with E-state index in [4.69, 9.17) is 9.47 Å². The Labute approximate surface area is 233 Å². The molecule has 5 aromatic rings. The monoisotopic (exact) mass is 552 g/mol. The molecule has 1 amide bonds. The SMILES string of the molecule is COc1cc(C2C(=C(O)c3c(C)nc4ccccn34)C(=O)C(=O)N2c2nccs2)ccc1OCc1ccccc1. The van der Waals surface area contributed by atoms with Gasteiger partial charge in [0.15, 0.2) is 22.4 Å². The smallest absolute Gasteiger partial charge is 0.301 e. The minimum Gasteiger partial charge on any atom is -0.505 e. The zero-order chi connectivity index (χ0) is 27.8. The van der Waals surface area contributed by atoms with Crippen LogP contribution in [0.5, 0.6) is 11.5 Å². The first-order valence-corrected chi connectivity index (χ1v) is 13.3. The first-order chi connectivity index (χ1) is 19.5. The quantitative estimate of drug-likeness (QED) is 0.166. The largest absolute Gasteiger partial charge is 0.505 e. The second kappa shape index (κ2) is 10.3. The van der Waals surface area contributed by atoms with Crippen molar-refractivity contribution in [1.82, 2.24) is 14.4 Å². The number of amides is 1. The molecule has 9 nitrogen and oxygen atoms in total. The summed E-state index contributed by atoms with van der Waals surface area (Å²) in [4.78, 5) is 37.1. The Hall–Kier alpha value is -4.96. The molecule has 3 aromatic heterocycles. The summed E-state index contributed by atoms with van der Waals surface area (Å²) in [6, 6.07) is 19.4. The maximum absolute atomic E-state index is 13.5. The predicted octanol–water partition coefficient (Wildman–Crippen LogP) is 5.31. The number of Topliss-reactive ketones (excluding diaryl/α,β-unsaturated/α-hetero) is 1. The fourth-order valence-corrected chi connectivity index (χ4v) is 5.58. The van der Waals surface area contributed by atoms with E-state index in [1.165, 1.54) is 23.3 Å². The zero-order valence-corrected chi connectivity index (χ0v) is 22.5. The van der Waals surface area contributed by atoms with Gasteiger partial charge in [-0.15, -0.1) is 11.3 Å². The number of rotatable bonds is 7. The van der Waals surface area contributed by atoms with Gasteiger partial charge in [-0.25, -0.2) is 9.97 Å². The molecular formula is C30H24N4O5S. The number of ether oxygens (including phenoxy) is 2. The molecule has 1 fully saturated rings. The van der Waals surface area contributed by atoms with Gasteiger partial charge >= 0.3 is 5.91 Å². The molecule has 10 heteroatoms. The molecule has 1 aliphatic heterocycles. The highest BCUT2D eigenvalue weighted by Gasteiger charge is 2.48. The second-order valence-corrected chi connectivity index (χ2v) is 10.0. The van der Waals surface area contributed by atoms with Crippen LogP contribution >= 0.6 is 11.3 Å². The number of fused-ring (bicyclic) bond motifs is 1. The number of hydrogen-bond acceptors (Lipinski definition) is 8. The van der Waals surface area contributed by atoms with E-state index in [1.54, 1.807) is 59.4 Å². The number of carbonyl (C=O) groups excluding carboxylic acids is 2. The van der Waals surface area contributed by atoms with E-state index in [0.29, 0.717) is 45.8 Å². The van der Waals surface area contributed by atoms with Crippen molar-refractivity contribution in [2.24, 2.45) is 0 Å². The van der Waals surface area contributed by atoms with Crippen LogP contribution in [0.1, 0.15) is 28.6 Å². The highest BCUT2D eigenvalue weighted by atomic mass is 32.1. The topological polar surface area (TPSA) is 106 Å². The van der Waals surface area contributed by atoms with Gasteiger partial charge in [-0.2, -0.15) is 0 Å². The van der Waals surface area contributed by atoms with Crippen molar-refractivity contribution in [3.63, 3.8) is 0 Å². The molecule has 40 heavy (non-hydrogen) atoms. The van der Waals surface area contributed by atoms with Crippen LogP contribution in [0.3, 0.4) is 0 Å². The second-order valence-electron chi connectivity index (χ2n) is 9.14. The summed E-state index contributed by atoms with van der Waals surface area (Å²) in [5.41, 5.74) is 2.95.